The smallest absolute Gasteiger partial charge is 0.228 e. The van der Waals surface area contributed by atoms with Crippen molar-refractivity contribution in [2.75, 3.05) is 26.2 Å². The van der Waals surface area contributed by atoms with Gasteiger partial charge in [-0.25, -0.2) is 4.98 Å². The second-order valence-corrected chi connectivity index (χ2v) is 6.48. The minimum absolute atomic E-state index is 0.0562. The van der Waals surface area contributed by atoms with Crippen LogP contribution in [0.1, 0.15) is 18.4 Å². The van der Waals surface area contributed by atoms with Gasteiger partial charge in [0.25, 0.3) is 0 Å². The summed E-state index contributed by atoms with van der Waals surface area (Å²) >= 11 is 1.48. The van der Waals surface area contributed by atoms with Gasteiger partial charge in [0.2, 0.25) is 11.8 Å². The van der Waals surface area contributed by atoms with Crippen LogP contribution in [0.25, 0.3) is 10.8 Å². The van der Waals surface area contributed by atoms with Crippen LogP contribution in [0.2, 0.25) is 0 Å². The lowest BCUT2D eigenvalue weighted by Gasteiger charge is -2.34. The third-order valence-corrected chi connectivity index (χ3v) is 4.82. The molecule has 0 atom stereocenters. The number of hydrogen-bond acceptors (Lipinski definition) is 5. The monoisotopic (exact) mass is 333 g/mol. The number of amides is 2. The first-order valence-electron chi connectivity index (χ1n) is 7.57. The number of furan rings is 1. The number of piperazine rings is 1. The molecule has 6 nitrogen and oxygen atoms in total. The molecule has 2 aromatic heterocycles. The molecular formula is C16H19N3O3S. The maximum absolute atomic E-state index is 12.4. The summed E-state index contributed by atoms with van der Waals surface area (Å²) in [6.07, 6.45) is 0.288. The number of carbonyl (C=O) groups is 2. The van der Waals surface area contributed by atoms with Gasteiger partial charge in [-0.2, -0.15) is 0 Å². The standard InChI is InChI=1S/C16H19N3O3S/c1-11-3-4-14(22-11)16-17-13(10-23-16)9-15(21)19-7-5-18(6-8-19)12(2)20/h3-4,10H,5-9H2,1-2H3. The van der Waals surface area contributed by atoms with Gasteiger partial charge in [0.15, 0.2) is 10.8 Å². The van der Waals surface area contributed by atoms with Crippen molar-refractivity contribution in [2.45, 2.75) is 20.3 Å². The number of nitrogens with zero attached hydrogens (tertiary/aromatic N) is 3. The predicted molar refractivity (Wildman–Crippen MR) is 87.1 cm³/mol. The number of aromatic nitrogens is 1. The fraction of sp³-hybridized carbons (Fsp3) is 0.438. The summed E-state index contributed by atoms with van der Waals surface area (Å²) in [5.41, 5.74) is 0.762. The molecule has 0 saturated carbocycles. The Kier molecular flexibility index (Phi) is 4.47. The van der Waals surface area contributed by atoms with Gasteiger partial charge in [-0.15, -0.1) is 11.3 Å². The van der Waals surface area contributed by atoms with Crippen LogP contribution >= 0.6 is 11.3 Å². The van der Waals surface area contributed by atoms with Gasteiger partial charge < -0.3 is 14.2 Å². The van der Waals surface area contributed by atoms with Crippen LogP contribution in [0.3, 0.4) is 0 Å². The first kappa shape index (κ1) is 15.7. The summed E-state index contributed by atoms with van der Waals surface area (Å²) in [5.74, 6) is 1.70. The van der Waals surface area contributed by atoms with Gasteiger partial charge in [0.05, 0.1) is 12.1 Å². The zero-order valence-corrected chi connectivity index (χ0v) is 14.1. The molecule has 2 aromatic rings. The van der Waals surface area contributed by atoms with Crippen molar-refractivity contribution in [2.24, 2.45) is 0 Å². The third-order valence-electron chi connectivity index (χ3n) is 3.91. The van der Waals surface area contributed by atoms with E-state index < -0.39 is 0 Å². The number of rotatable bonds is 3. The normalized spacial score (nSPS) is 15.0. The van der Waals surface area contributed by atoms with Gasteiger partial charge in [0.1, 0.15) is 5.76 Å². The van der Waals surface area contributed by atoms with Crippen molar-refractivity contribution >= 4 is 23.2 Å². The van der Waals surface area contributed by atoms with Crippen LogP contribution in [0.15, 0.2) is 21.9 Å². The Hall–Kier alpha value is -2.15. The number of carbonyl (C=O) groups excluding carboxylic acids is 2. The lowest BCUT2D eigenvalue weighted by Crippen LogP contribution is -2.50. The molecule has 0 aromatic carbocycles. The van der Waals surface area contributed by atoms with E-state index in [1.807, 2.05) is 24.4 Å². The molecule has 7 heteroatoms. The molecule has 1 saturated heterocycles. The summed E-state index contributed by atoms with van der Waals surface area (Å²) in [6, 6.07) is 3.79. The maximum atomic E-state index is 12.4. The van der Waals surface area contributed by atoms with Crippen LogP contribution in [-0.2, 0) is 16.0 Å². The fourth-order valence-electron chi connectivity index (χ4n) is 2.59. The van der Waals surface area contributed by atoms with E-state index in [1.165, 1.54) is 11.3 Å². The average molecular weight is 333 g/mol. The summed E-state index contributed by atoms with van der Waals surface area (Å²) in [4.78, 5) is 31.7. The molecule has 1 aliphatic heterocycles. The first-order chi connectivity index (χ1) is 11.0. The average Bonchev–Trinajstić information content (AvgIpc) is 3.16. The van der Waals surface area contributed by atoms with E-state index in [2.05, 4.69) is 4.98 Å². The van der Waals surface area contributed by atoms with E-state index in [0.29, 0.717) is 26.2 Å². The SMILES string of the molecule is CC(=O)N1CCN(C(=O)Cc2csc(-c3ccc(C)o3)n2)CC1. The third kappa shape index (κ3) is 3.61. The molecule has 0 N–H and O–H groups in total. The van der Waals surface area contributed by atoms with Gasteiger partial charge in [-0.05, 0) is 19.1 Å². The molecule has 122 valence electrons. The summed E-state index contributed by atoms with van der Waals surface area (Å²) in [7, 11) is 0. The Labute approximate surface area is 138 Å². The molecule has 0 aliphatic carbocycles. The van der Waals surface area contributed by atoms with Crippen molar-refractivity contribution in [1.82, 2.24) is 14.8 Å². The Bertz CT molecular complexity index is 714. The molecule has 2 amide bonds. The number of thiazole rings is 1. The molecule has 3 heterocycles. The lowest BCUT2D eigenvalue weighted by molar-refractivity contribution is -0.138. The van der Waals surface area contributed by atoms with Crippen LogP contribution in [-0.4, -0.2) is 52.8 Å². The molecule has 0 radical (unpaired) electrons. The Morgan fingerprint density at radius 3 is 2.52 bits per heavy atom. The molecule has 1 fully saturated rings. The Balaban J connectivity index is 1.58. The zero-order chi connectivity index (χ0) is 16.4. The number of hydrogen-bond donors (Lipinski definition) is 0. The highest BCUT2D eigenvalue weighted by molar-refractivity contribution is 7.13. The van der Waals surface area contributed by atoms with Crippen LogP contribution < -0.4 is 0 Å². The summed E-state index contributed by atoms with van der Waals surface area (Å²) in [5, 5.41) is 2.69. The fourth-order valence-corrected chi connectivity index (χ4v) is 3.37. The number of aryl methyl sites for hydroxylation is 1. The summed E-state index contributed by atoms with van der Waals surface area (Å²) < 4.78 is 5.55. The predicted octanol–water partition coefficient (Wildman–Crippen LogP) is 1.94. The highest BCUT2D eigenvalue weighted by Crippen LogP contribution is 2.25. The van der Waals surface area contributed by atoms with E-state index >= 15 is 0 Å². The van der Waals surface area contributed by atoms with E-state index in [1.54, 1.807) is 16.7 Å². The Morgan fingerprint density at radius 1 is 1.22 bits per heavy atom. The summed E-state index contributed by atoms with van der Waals surface area (Å²) in [6.45, 7) is 5.84. The van der Waals surface area contributed by atoms with Crippen LogP contribution in [0, 0.1) is 6.92 Å². The van der Waals surface area contributed by atoms with Crippen molar-refractivity contribution in [3.63, 3.8) is 0 Å². The van der Waals surface area contributed by atoms with Crippen LogP contribution in [0.5, 0.6) is 0 Å². The van der Waals surface area contributed by atoms with Crippen molar-refractivity contribution in [3.8, 4) is 10.8 Å². The largest absolute Gasteiger partial charge is 0.459 e. The molecular weight excluding hydrogens is 314 g/mol. The van der Waals surface area contributed by atoms with Crippen molar-refractivity contribution in [3.05, 3.63) is 29.0 Å². The second-order valence-electron chi connectivity index (χ2n) is 5.62. The zero-order valence-electron chi connectivity index (χ0n) is 13.2. The minimum atomic E-state index is 0.0562. The van der Waals surface area contributed by atoms with Gasteiger partial charge >= 0.3 is 0 Å². The lowest BCUT2D eigenvalue weighted by atomic mass is 10.2. The van der Waals surface area contributed by atoms with E-state index in [0.717, 1.165) is 22.2 Å². The van der Waals surface area contributed by atoms with E-state index in [4.69, 9.17) is 4.42 Å². The quantitative estimate of drug-likeness (QED) is 0.861. The molecule has 0 unspecified atom stereocenters. The molecule has 0 bridgehead atoms. The molecule has 0 spiro atoms. The highest BCUT2D eigenvalue weighted by atomic mass is 32.1. The molecule has 23 heavy (non-hydrogen) atoms. The maximum Gasteiger partial charge on any atom is 0.228 e. The topological polar surface area (TPSA) is 66.7 Å². The van der Waals surface area contributed by atoms with Gasteiger partial charge in [-0.1, -0.05) is 0 Å². The Morgan fingerprint density at radius 2 is 1.91 bits per heavy atom. The van der Waals surface area contributed by atoms with Gasteiger partial charge in [0, 0.05) is 38.5 Å². The first-order valence-corrected chi connectivity index (χ1v) is 8.45. The van der Waals surface area contributed by atoms with Crippen molar-refractivity contribution < 1.29 is 14.0 Å². The van der Waals surface area contributed by atoms with E-state index in [9.17, 15) is 9.59 Å². The van der Waals surface area contributed by atoms with Gasteiger partial charge in [-0.3, -0.25) is 9.59 Å². The molecule has 1 aliphatic rings. The van der Waals surface area contributed by atoms with E-state index in [-0.39, 0.29) is 18.2 Å². The minimum Gasteiger partial charge on any atom is -0.459 e. The van der Waals surface area contributed by atoms with Crippen LogP contribution in [0.4, 0.5) is 0 Å². The molecule has 3 rings (SSSR count). The van der Waals surface area contributed by atoms with Crippen molar-refractivity contribution in [1.29, 1.82) is 0 Å². The second kappa shape index (κ2) is 6.54. The highest BCUT2D eigenvalue weighted by Gasteiger charge is 2.23.